The highest BCUT2D eigenvalue weighted by Crippen LogP contribution is 2.23. The third kappa shape index (κ3) is 5.11. The van der Waals surface area contributed by atoms with Crippen LogP contribution in [0.25, 0.3) is 16.7 Å². The average Bonchev–Trinajstić information content (AvgIpc) is 3.44. The van der Waals surface area contributed by atoms with E-state index in [2.05, 4.69) is 31.0 Å². The van der Waals surface area contributed by atoms with Gasteiger partial charge in [0.05, 0.1) is 6.21 Å². The van der Waals surface area contributed by atoms with Crippen LogP contribution in [0.5, 0.6) is 5.75 Å². The molecule has 0 aliphatic carbocycles. The molecule has 0 spiro atoms. The van der Waals surface area contributed by atoms with Crippen LogP contribution >= 0.6 is 15.9 Å². The Bertz CT molecular complexity index is 1510. The Morgan fingerprint density at radius 3 is 2.53 bits per heavy atom. The number of amides is 1. The number of carbonyl (C=O) groups excluding carboxylic acids is 1. The summed E-state index contributed by atoms with van der Waals surface area (Å²) in [5.41, 5.74) is 8.32. The van der Waals surface area contributed by atoms with Gasteiger partial charge in [-0.1, -0.05) is 46.3 Å². The second-order valence-electron chi connectivity index (χ2n) is 8.42. The van der Waals surface area contributed by atoms with Crippen LogP contribution in [0.2, 0.25) is 0 Å². The van der Waals surface area contributed by atoms with Crippen LogP contribution in [0.15, 0.2) is 98.9 Å². The molecule has 5 aromatic rings. The van der Waals surface area contributed by atoms with Crippen LogP contribution in [0.4, 0.5) is 0 Å². The van der Waals surface area contributed by atoms with Gasteiger partial charge in [0.15, 0.2) is 5.76 Å². The fourth-order valence-corrected chi connectivity index (χ4v) is 4.33. The average molecular weight is 542 g/mol. The van der Waals surface area contributed by atoms with Crippen LogP contribution in [0.3, 0.4) is 0 Å². The minimum absolute atomic E-state index is 0.223. The van der Waals surface area contributed by atoms with Crippen molar-refractivity contribution in [2.45, 2.75) is 20.5 Å². The van der Waals surface area contributed by atoms with Gasteiger partial charge in [0, 0.05) is 32.5 Å². The number of rotatable bonds is 7. The third-order valence-corrected chi connectivity index (χ3v) is 6.43. The van der Waals surface area contributed by atoms with Crippen LogP contribution < -0.4 is 10.2 Å². The summed E-state index contributed by atoms with van der Waals surface area (Å²) >= 11 is 3.45. The molecule has 0 radical (unpaired) electrons. The number of furan rings is 1. The number of hydrogen-bond donors (Lipinski definition) is 1. The SMILES string of the molecule is Cc1cc(/C=N/NC(=O)c2cc3ccccc3o2)c(C)n1-c1ccc(OCc2ccc(Br)cc2)cc1. The lowest BCUT2D eigenvalue weighted by atomic mass is 10.2. The Labute approximate surface area is 217 Å². The van der Waals surface area contributed by atoms with Gasteiger partial charge in [0.1, 0.15) is 17.9 Å². The summed E-state index contributed by atoms with van der Waals surface area (Å²) in [4.78, 5) is 12.4. The number of nitrogens with zero attached hydrogens (tertiary/aromatic N) is 2. The van der Waals surface area contributed by atoms with Crippen LogP contribution in [0, 0.1) is 13.8 Å². The molecule has 1 amide bonds. The minimum Gasteiger partial charge on any atom is -0.489 e. The maximum Gasteiger partial charge on any atom is 0.307 e. The maximum absolute atomic E-state index is 12.4. The molecule has 7 heteroatoms. The lowest BCUT2D eigenvalue weighted by Gasteiger charge is -2.11. The number of aryl methyl sites for hydroxylation is 1. The highest BCUT2D eigenvalue weighted by atomic mass is 79.9. The molecule has 180 valence electrons. The molecule has 0 aliphatic rings. The Morgan fingerprint density at radius 2 is 1.78 bits per heavy atom. The van der Waals surface area contributed by atoms with Crippen molar-refractivity contribution in [2.24, 2.45) is 5.10 Å². The second kappa shape index (κ2) is 10.3. The van der Waals surface area contributed by atoms with Crippen molar-refractivity contribution in [2.75, 3.05) is 0 Å². The van der Waals surface area contributed by atoms with E-state index in [1.54, 1.807) is 12.3 Å². The Hall–Kier alpha value is -4.10. The number of fused-ring (bicyclic) bond motifs is 1. The molecule has 2 heterocycles. The molecule has 0 unspecified atom stereocenters. The summed E-state index contributed by atoms with van der Waals surface area (Å²) in [5, 5.41) is 5.02. The fraction of sp³-hybridized carbons (Fsp3) is 0.103. The number of ether oxygens (including phenoxy) is 1. The number of aromatic nitrogens is 1. The molecule has 0 fully saturated rings. The quantitative estimate of drug-likeness (QED) is 0.179. The fourth-order valence-electron chi connectivity index (χ4n) is 4.06. The molecular formula is C29H24BrN3O3. The highest BCUT2D eigenvalue weighted by Gasteiger charge is 2.12. The van der Waals surface area contributed by atoms with Gasteiger partial charge in [0.25, 0.3) is 0 Å². The van der Waals surface area contributed by atoms with E-state index < -0.39 is 5.91 Å². The van der Waals surface area contributed by atoms with E-state index in [-0.39, 0.29) is 5.76 Å². The maximum atomic E-state index is 12.4. The zero-order valence-electron chi connectivity index (χ0n) is 19.9. The first-order valence-electron chi connectivity index (χ1n) is 11.5. The summed E-state index contributed by atoms with van der Waals surface area (Å²) in [7, 11) is 0. The van der Waals surface area contributed by atoms with E-state index in [1.165, 1.54) is 0 Å². The summed E-state index contributed by atoms with van der Waals surface area (Å²) in [5.74, 6) is 0.635. The summed E-state index contributed by atoms with van der Waals surface area (Å²) < 4.78 is 14.7. The molecule has 3 aromatic carbocycles. The van der Waals surface area contributed by atoms with E-state index in [0.29, 0.717) is 12.2 Å². The van der Waals surface area contributed by atoms with Gasteiger partial charge in [-0.25, -0.2) is 5.43 Å². The van der Waals surface area contributed by atoms with Crippen molar-refractivity contribution in [1.82, 2.24) is 9.99 Å². The molecule has 6 nitrogen and oxygen atoms in total. The second-order valence-corrected chi connectivity index (χ2v) is 9.33. The molecular weight excluding hydrogens is 518 g/mol. The Balaban J connectivity index is 1.25. The molecule has 36 heavy (non-hydrogen) atoms. The number of nitrogens with one attached hydrogen (secondary N) is 1. The lowest BCUT2D eigenvalue weighted by Crippen LogP contribution is -2.16. The molecule has 2 aromatic heterocycles. The van der Waals surface area contributed by atoms with Crippen LogP contribution in [0.1, 0.15) is 33.1 Å². The molecule has 5 rings (SSSR count). The molecule has 0 saturated carbocycles. The van der Waals surface area contributed by atoms with Gasteiger partial charge in [-0.05, 0) is 74.0 Å². The number of hydrogen-bond acceptors (Lipinski definition) is 4. The van der Waals surface area contributed by atoms with Crippen molar-refractivity contribution in [3.8, 4) is 11.4 Å². The van der Waals surface area contributed by atoms with Crippen molar-refractivity contribution in [3.05, 3.63) is 118 Å². The van der Waals surface area contributed by atoms with E-state index >= 15 is 0 Å². The zero-order valence-corrected chi connectivity index (χ0v) is 21.5. The first kappa shape index (κ1) is 23.6. The van der Waals surface area contributed by atoms with Gasteiger partial charge in [-0.3, -0.25) is 4.79 Å². The highest BCUT2D eigenvalue weighted by molar-refractivity contribution is 9.10. The number of hydrazone groups is 1. The predicted octanol–water partition coefficient (Wildman–Crippen LogP) is 6.95. The number of halogens is 1. The minimum atomic E-state index is -0.394. The molecule has 0 bridgehead atoms. The van der Waals surface area contributed by atoms with Crippen molar-refractivity contribution < 1.29 is 13.9 Å². The van der Waals surface area contributed by atoms with Crippen molar-refractivity contribution >= 4 is 39.0 Å². The number of benzene rings is 3. The first-order chi connectivity index (χ1) is 17.5. The smallest absolute Gasteiger partial charge is 0.307 e. The molecule has 0 atom stereocenters. The number of carbonyl (C=O) groups is 1. The van der Waals surface area contributed by atoms with Gasteiger partial charge in [-0.2, -0.15) is 5.10 Å². The molecule has 0 saturated heterocycles. The lowest BCUT2D eigenvalue weighted by molar-refractivity contribution is 0.0929. The normalized spacial score (nSPS) is 11.3. The van der Waals surface area contributed by atoms with E-state index in [1.807, 2.05) is 92.7 Å². The van der Waals surface area contributed by atoms with Gasteiger partial charge in [0.2, 0.25) is 0 Å². The summed E-state index contributed by atoms with van der Waals surface area (Å²) in [6.07, 6.45) is 1.65. The van der Waals surface area contributed by atoms with Gasteiger partial charge < -0.3 is 13.7 Å². The van der Waals surface area contributed by atoms with Crippen molar-refractivity contribution in [3.63, 3.8) is 0 Å². The zero-order chi connectivity index (χ0) is 25.1. The largest absolute Gasteiger partial charge is 0.489 e. The van der Waals surface area contributed by atoms with Gasteiger partial charge in [-0.15, -0.1) is 0 Å². The monoisotopic (exact) mass is 541 g/mol. The van der Waals surface area contributed by atoms with E-state index in [0.717, 1.165) is 43.8 Å². The van der Waals surface area contributed by atoms with Gasteiger partial charge >= 0.3 is 5.91 Å². The van der Waals surface area contributed by atoms with E-state index in [9.17, 15) is 4.79 Å². The van der Waals surface area contributed by atoms with Crippen molar-refractivity contribution in [1.29, 1.82) is 0 Å². The van der Waals surface area contributed by atoms with E-state index in [4.69, 9.17) is 9.15 Å². The Kier molecular flexibility index (Phi) is 6.73. The summed E-state index contributed by atoms with van der Waals surface area (Å²) in [6, 6.07) is 27.3. The predicted molar refractivity (Wildman–Crippen MR) is 145 cm³/mol. The topological polar surface area (TPSA) is 68.8 Å². The summed E-state index contributed by atoms with van der Waals surface area (Å²) in [6.45, 7) is 4.57. The molecule has 1 N–H and O–H groups in total. The standard InChI is InChI=1S/C29H24BrN3O3/c1-19-15-23(17-31-32-29(34)28-16-22-5-3-4-6-27(22)36-28)20(2)33(19)25-11-13-26(14-12-25)35-18-21-7-9-24(30)10-8-21/h3-17H,18H2,1-2H3,(H,32,34)/b31-17+. The first-order valence-corrected chi connectivity index (χ1v) is 12.3. The third-order valence-electron chi connectivity index (χ3n) is 5.90. The number of para-hydroxylation sites is 1. The van der Waals surface area contributed by atoms with Crippen LogP contribution in [-0.2, 0) is 6.61 Å². The molecule has 0 aliphatic heterocycles. The van der Waals surface area contributed by atoms with Crippen LogP contribution in [-0.4, -0.2) is 16.7 Å². The Morgan fingerprint density at radius 1 is 1.03 bits per heavy atom.